The summed E-state index contributed by atoms with van der Waals surface area (Å²) in [5.41, 5.74) is 1.96. The van der Waals surface area contributed by atoms with Gasteiger partial charge in [0.1, 0.15) is 11.5 Å². The average molecular weight is 348 g/mol. The van der Waals surface area contributed by atoms with Crippen LogP contribution in [0.3, 0.4) is 0 Å². The molecule has 1 atom stereocenters. The van der Waals surface area contributed by atoms with Gasteiger partial charge in [-0.25, -0.2) is 18.3 Å². The molecule has 1 aromatic heterocycles. The summed E-state index contributed by atoms with van der Waals surface area (Å²) in [6.07, 6.45) is 6.03. The molecule has 1 aliphatic rings. The van der Waals surface area contributed by atoms with Crippen molar-refractivity contribution in [1.29, 1.82) is 0 Å². The molecular weight excluding hydrogens is 326 g/mol. The molecule has 0 fully saturated rings. The monoisotopic (exact) mass is 348 g/mol. The lowest BCUT2D eigenvalue weighted by Crippen LogP contribution is -2.39. The molecule has 0 saturated carbocycles. The minimum absolute atomic E-state index is 0.150. The number of carbonyl (C=O) groups excluding carboxylic acids is 1. The van der Waals surface area contributed by atoms with Gasteiger partial charge >= 0.3 is 6.03 Å². The second kappa shape index (κ2) is 7.63. The highest BCUT2D eigenvalue weighted by Gasteiger charge is 2.26. The molecule has 0 radical (unpaired) electrons. The Kier molecular flexibility index (Phi) is 5.31. The van der Waals surface area contributed by atoms with Crippen LogP contribution in [0, 0.1) is 11.6 Å². The van der Waals surface area contributed by atoms with Crippen molar-refractivity contribution < 1.29 is 13.6 Å². The van der Waals surface area contributed by atoms with E-state index in [0.717, 1.165) is 49.4 Å². The van der Waals surface area contributed by atoms with Crippen LogP contribution in [0.4, 0.5) is 13.6 Å². The summed E-state index contributed by atoms with van der Waals surface area (Å²) in [6, 6.07) is 3.09. The number of nitrogens with zero attached hydrogens (tertiary/aromatic N) is 2. The Balaban J connectivity index is 1.79. The fourth-order valence-electron chi connectivity index (χ4n) is 3.16. The number of hydrogen-bond donors (Lipinski definition) is 2. The molecule has 0 bridgehead atoms. The van der Waals surface area contributed by atoms with Crippen molar-refractivity contribution in [2.75, 3.05) is 6.54 Å². The zero-order valence-electron chi connectivity index (χ0n) is 14.2. The minimum Gasteiger partial charge on any atom is -0.338 e. The summed E-state index contributed by atoms with van der Waals surface area (Å²) < 4.78 is 28.7. The molecule has 2 N–H and O–H groups in total. The van der Waals surface area contributed by atoms with Crippen LogP contribution in [0.25, 0.3) is 5.69 Å². The van der Waals surface area contributed by atoms with Crippen LogP contribution < -0.4 is 10.6 Å². The van der Waals surface area contributed by atoms with E-state index in [0.29, 0.717) is 6.54 Å². The van der Waals surface area contributed by atoms with Gasteiger partial charge in [-0.1, -0.05) is 13.3 Å². The third kappa shape index (κ3) is 3.81. The fourth-order valence-corrected chi connectivity index (χ4v) is 3.16. The molecule has 3 rings (SSSR count). The van der Waals surface area contributed by atoms with E-state index in [1.54, 1.807) is 6.20 Å². The lowest BCUT2D eigenvalue weighted by atomic mass is 9.93. The molecule has 1 aromatic carbocycles. The molecule has 0 unspecified atom stereocenters. The molecule has 7 heteroatoms. The van der Waals surface area contributed by atoms with Gasteiger partial charge in [0, 0.05) is 23.9 Å². The molecule has 134 valence electrons. The average Bonchev–Trinajstić information content (AvgIpc) is 3.00. The van der Waals surface area contributed by atoms with Gasteiger partial charge in [-0.15, -0.1) is 0 Å². The van der Waals surface area contributed by atoms with E-state index >= 15 is 0 Å². The van der Waals surface area contributed by atoms with Gasteiger partial charge in [-0.2, -0.15) is 5.10 Å². The highest BCUT2D eigenvalue weighted by Crippen LogP contribution is 2.31. The van der Waals surface area contributed by atoms with Crippen molar-refractivity contribution in [2.24, 2.45) is 0 Å². The minimum atomic E-state index is -0.654. The van der Waals surface area contributed by atoms with Crippen LogP contribution in [-0.2, 0) is 6.42 Å². The molecular formula is C18H22F2N4O. The zero-order chi connectivity index (χ0) is 17.8. The van der Waals surface area contributed by atoms with Crippen LogP contribution in [0.2, 0.25) is 0 Å². The molecule has 2 aromatic rings. The van der Waals surface area contributed by atoms with Crippen molar-refractivity contribution in [3.8, 4) is 5.69 Å². The highest BCUT2D eigenvalue weighted by atomic mass is 19.1. The molecule has 2 amide bonds. The number of halogens is 2. The van der Waals surface area contributed by atoms with Crippen molar-refractivity contribution in [1.82, 2.24) is 20.4 Å². The number of benzene rings is 1. The van der Waals surface area contributed by atoms with Crippen molar-refractivity contribution >= 4 is 6.03 Å². The third-order valence-corrected chi connectivity index (χ3v) is 4.44. The van der Waals surface area contributed by atoms with Gasteiger partial charge in [-0.3, -0.25) is 0 Å². The van der Waals surface area contributed by atoms with Gasteiger partial charge < -0.3 is 10.6 Å². The topological polar surface area (TPSA) is 59.0 Å². The van der Waals surface area contributed by atoms with E-state index in [1.165, 1.54) is 16.8 Å². The lowest BCUT2D eigenvalue weighted by molar-refractivity contribution is 0.235. The maximum atomic E-state index is 14.1. The van der Waals surface area contributed by atoms with Gasteiger partial charge in [0.25, 0.3) is 0 Å². The first kappa shape index (κ1) is 17.4. The van der Waals surface area contributed by atoms with Crippen LogP contribution in [0.15, 0.2) is 24.4 Å². The number of carbonyl (C=O) groups is 1. The summed E-state index contributed by atoms with van der Waals surface area (Å²) in [4.78, 5) is 12.0. The summed E-state index contributed by atoms with van der Waals surface area (Å²) in [7, 11) is 0. The maximum absolute atomic E-state index is 14.1. The van der Waals surface area contributed by atoms with Crippen LogP contribution in [0.5, 0.6) is 0 Å². The van der Waals surface area contributed by atoms with E-state index in [1.807, 2.05) is 0 Å². The van der Waals surface area contributed by atoms with Gasteiger partial charge in [0.15, 0.2) is 5.82 Å². The number of fused-ring (bicyclic) bond motifs is 1. The van der Waals surface area contributed by atoms with E-state index < -0.39 is 11.6 Å². The van der Waals surface area contributed by atoms with E-state index in [-0.39, 0.29) is 17.8 Å². The molecule has 0 aliphatic heterocycles. The Hall–Kier alpha value is -2.44. The first-order chi connectivity index (χ1) is 12.1. The van der Waals surface area contributed by atoms with Crippen molar-refractivity contribution in [3.63, 3.8) is 0 Å². The van der Waals surface area contributed by atoms with Gasteiger partial charge in [-0.05, 0) is 37.8 Å². The van der Waals surface area contributed by atoms with Crippen LogP contribution >= 0.6 is 0 Å². The number of unbranched alkanes of at least 4 members (excludes halogenated alkanes) is 1. The normalized spacial score (nSPS) is 16.4. The summed E-state index contributed by atoms with van der Waals surface area (Å²) in [5.74, 6) is -1.27. The molecule has 25 heavy (non-hydrogen) atoms. The SMILES string of the molecule is CCCCNC(=O)N[C@H]1CCCc2c1cnn2-c1ccc(F)cc1F. The standard InChI is InChI=1S/C18H22F2N4O/c1-2-3-9-21-18(25)23-15-5-4-6-16-13(15)11-22-24(16)17-8-7-12(19)10-14(17)20/h7-8,10-11,15H,2-6,9H2,1H3,(H2,21,23,25)/t15-/m0/s1. The first-order valence-electron chi connectivity index (χ1n) is 8.66. The molecule has 1 aliphatic carbocycles. The molecule has 0 spiro atoms. The maximum Gasteiger partial charge on any atom is 0.315 e. The first-order valence-corrected chi connectivity index (χ1v) is 8.66. The summed E-state index contributed by atoms with van der Waals surface area (Å²) >= 11 is 0. The van der Waals surface area contributed by atoms with Crippen molar-refractivity contribution in [3.05, 3.63) is 47.3 Å². The quantitative estimate of drug-likeness (QED) is 0.811. The molecule has 0 saturated heterocycles. The number of amides is 2. The van der Waals surface area contributed by atoms with Gasteiger partial charge in [0.2, 0.25) is 0 Å². The second-order valence-electron chi connectivity index (χ2n) is 6.25. The molecule has 1 heterocycles. The Labute approximate surface area is 145 Å². The zero-order valence-corrected chi connectivity index (χ0v) is 14.2. The van der Waals surface area contributed by atoms with E-state index in [4.69, 9.17) is 0 Å². The number of hydrogen-bond acceptors (Lipinski definition) is 2. The van der Waals surface area contributed by atoms with Crippen LogP contribution in [0.1, 0.15) is 49.9 Å². The lowest BCUT2D eigenvalue weighted by Gasteiger charge is -2.24. The molecule has 5 nitrogen and oxygen atoms in total. The summed E-state index contributed by atoms with van der Waals surface area (Å²) in [5, 5.41) is 10.1. The van der Waals surface area contributed by atoms with Gasteiger partial charge in [0.05, 0.1) is 12.2 Å². The predicted molar refractivity (Wildman–Crippen MR) is 90.6 cm³/mol. The Morgan fingerprint density at radius 1 is 1.40 bits per heavy atom. The highest BCUT2D eigenvalue weighted by molar-refractivity contribution is 5.74. The number of aromatic nitrogens is 2. The largest absolute Gasteiger partial charge is 0.338 e. The van der Waals surface area contributed by atoms with Crippen LogP contribution in [-0.4, -0.2) is 22.4 Å². The van der Waals surface area contributed by atoms with E-state index in [2.05, 4.69) is 22.7 Å². The Morgan fingerprint density at radius 3 is 3.00 bits per heavy atom. The Morgan fingerprint density at radius 2 is 2.24 bits per heavy atom. The van der Waals surface area contributed by atoms with E-state index in [9.17, 15) is 13.6 Å². The number of urea groups is 1. The summed E-state index contributed by atoms with van der Waals surface area (Å²) in [6.45, 7) is 2.71. The second-order valence-corrected chi connectivity index (χ2v) is 6.25. The fraction of sp³-hybridized carbons (Fsp3) is 0.444. The number of nitrogens with one attached hydrogen (secondary N) is 2. The van der Waals surface area contributed by atoms with Crippen molar-refractivity contribution in [2.45, 2.75) is 45.1 Å². The third-order valence-electron chi connectivity index (χ3n) is 4.44. The smallest absolute Gasteiger partial charge is 0.315 e. The number of rotatable bonds is 5. The predicted octanol–water partition coefficient (Wildman–Crippen LogP) is 3.63. The Bertz CT molecular complexity index is 760.